The molecule has 0 radical (unpaired) electrons. The lowest BCUT2D eigenvalue weighted by molar-refractivity contribution is 0.0983. The summed E-state index contributed by atoms with van der Waals surface area (Å²) in [6.07, 6.45) is 2.03. The molecule has 0 bridgehead atoms. The number of Topliss-reactive ketones (excluding diaryl/α,β-unsaturated/α-hetero) is 1. The van der Waals surface area contributed by atoms with E-state index in [0.29, 0.717) is 17.9 Å². The first kappa shape index (κ1) is 13.0. The van der Waals surface area contributed by atoms with Crippen LogP contribution in [0, 0.1) is 3.57 Å². The van der Waals surface area contributed by atoms with Crippen molar-refractivity contribution >= 4 is 28.4 Å². The highest BCUT2D eigenvalue weighted by molar-refractivity contribution is 14.1. The van der Waals surface area contributed by atoms with Crippen molar-refractivity contribution in [2.45, 2.75) is 13.3 Å². The third-order valence-corrected chi connectivity index (χ3v) is 3.11. The van der Waals surface area contributed by atoms with E-state index in [1.807, 2.05) is 31.2 Å². The molecule has 0 aliphatic rings. The maximum absolute atomic E-state index is 11.4. The fourth-order valence-corrected chi connectivity index (χ4v) is 1.79. The van der Waals surface area contributed by atoms with Crippen molar-refractivity contribution in [1.82, 2.24) is 4.98 Å². The lowest BCUT2D eigenvalue weighted by Crippen LogP contribution is -1.99. The zero-order valence-corrected chi connectivity index (χ0v) is 12.0. The molecule has 1 heterocycles. The van der Waals surface area contributed by atoms with Gasteiger partial charge in [0.15, 0.2) is 5.78 Å². The van der Waals surface area contributed by atoms with Gasteiger partial charge in [-0.3, -0.25) is 4.79 Å². The van der Waals surface area contributed by atoms with Gasteiger partial charge in [-0.15, -0.1) is 0 Å². The third kappa shape index (κ3) is 3.29. The minimum atomic E-state index is 0.0378. The first-order chi connectivity index (χ1) is 8.69. The minimum absolute atomic E-state index is 0.0378. The summed E-state index contributed by atoms with van der Waals surface area (Å²) in [5.74, 6) is 1.42. The summed E-state index contributed by atoms with van der Waals surface area (Å²) in [5.41, 5.74) is 0.479. The number of hydrogen-bond donors (Lipinski definition) is 0. The lowest BCUT2D eigenvalue weighted by Gasteiger charge is -2.05. The summed E-state index contributed by atoms with van der Waals surface area (Å²) in [5, 5.41) is 0. The molecule has 0 N–H and O–H groups in total. The Morgan fingerprint density at radius 3 is 2.39 bits per heavy atom. The highest BCUT2D eigenvalue weighted by Crippen LogP contribution is 2.21. The van der Waals surface area contributed by atoms with Crippen molar-refractivity contribution in [3.05, 3.63) is 51.9 Å². The molecule has 2 rings (SSSR count). The Balaban J connectivity index is 2.10. The summed E-state index contributed by atoms with van der Waals surface area (Å²) in [6, 6.07) is 11.2. The second kappa shape index (κ2) is 5.95. The summed E-state index contributed by atoms with van der Waals surface area (Å²) in [4.78, 5) is 15.5. The Morgan fingerprint density at radius 2 is 1.83 bits per heavy atom. The Morgan fingerprint density at radius 1 is 1.17 bits per heavy atom. The average molecular weight is 353 g/mol. The summed E-state index contributed by atoms with van der Waals surface area (Å²) in [6.45, 7) is 1.82. The van der Waals surface area contributed by atoms with Crippen molar-refractivity contribution in [3.8, 4) is 11.5 Å². The maximum atomic E-state index is 11.4. The Labute approximate surface area is 119 Å². The molecule has 4 heteroatoms. The molecule has 0 amide bonds. The van der Waals surface area contributed by atoms with Gasteiger partial charge in [-0.2, -0.15) is 0 Å². The van der Waals surface area contributed by atoms with Gasteiger partial charge in [-0.25, -0.2) is 4.98 Å². The van der Waals surface area contributed by atoms with Gasteiger partial charge in [-0.05, 0) is 59.0 Å². The van der Waals surface area contributed by atoms with E-state index in [9.17, 15) is 4.79 Å². The Hall–Kier alpha value is -1.43. The number of carbonyl (C=O) groups is 1. The first-order valence-corrected chi connectivity index (χ1v) is 6.69. The standard InChI is InChI=1S/C14H12INO2/c1-2-14(17)13-8-7-12(9-16-13)18-11-5-3-10(15)4-6-11/h3-9H,2H2,1H3. The molecule has 0 saturated carbocycles. The molecule has 3 nitrogen and oxygen atoms in total. The third-order valence-electron chi connectivity index (χ3n) is 2.39. The number of hydrogen-bond acceptors (Lipinski definition) is 3. The SMILES string of the molecule is CCC(=O)c1ccc(Oc2ccc(I)cc2)cn1. The van der Waals surface area contributed by atoms with Gasteiger partial charge in [-0.1, -0.05) is 6.92 Å². The molecular weight excluding hydrogens is 341 g/mol. The molecule has 0 atom stereocenters. The summed E-state index contributed by atoms with van der Waals surface area (Å²) < 4.78 is 6.78. The number of carbonyl (C=O) groups excluding carboxylic acids is 1. The normalized spacial score (nSPS) is 10.1. The van der Waals surface area contributed by atoms with Crippen LogP contribution in [0.25, 0.3) is 0 Å². The molecule has 0 spiro atoms. The van der Waals surface area contributed by atoms with Crippen LogP contribution in [0.4, 0.5) is 0 Å². The zero-order valence-electron chi connectivity index (χ0n) is 9.89. The molecule has 1 aromatic heterocycles. The van der Waals surface area contributed by atoms with Crippen LogP contribution in [0.5, 0.6) is 11.5 Å². The molecular formula is C14H12INO2. The fraction of sp³-hybridized carbons (Fsp3) is 0.143. The average Bonchev–Trinajstić information content (AvgIpc) is 2.41. The van der Waals surface area contributed by atoms with E-state index in [2.05, 4.69) is 27.6 Å². The van der Waals surface area contributed by atoms with E-state index in [1.165, 1.54) is 0 Å². The van der Waals surface area contributed by atoms with Crippen molar-refractivity contribution < 1.29 is 9.53 Å². The van der Waals surface area contributed by atoms with Crippen LogP contribution in [-0.2, 0) is 0 Å². The number of ether oxygens (including phenoxy) is 1. The van der Waals surface area contributed by atoms with E-state index < -0.39 is 0 Å². The van der Waals surface area contributed by atoms with Crippen molar-refractivity contribution in [2.75, 3.05) is 0 Å². The van der Waals surface area contributed by atoms with E-state index in [-0.39, 0.29) is 5.78 Å². The van der Waals surface area contributed by atoms with E-state index in [1.54, 1.807) is 18.3 Å². The van der Waals surface area contributed by atoms with Gasteiger partial charge >= 0.3 is 0 Å². The number of nitrogens with zero attached hydrogens (tertiary/aromatic N) is 1. The van der Waals surface area contributed by atoms with Crippen LogP contribution < -0.4 is 4.74 Å². The molecule has 18 heavy (non-hydrogen) atoms. The van der Waals surface area contributed by atoms with Crippen LogP contribution in [0.15, 0.2) is 42.6 Å². The molecule has 92 valence electrons. The second-order valence-electron chi connectivity index (χ2n) is 3.71. The van der Waals surface area contributed by atoms with Crippen molar-refractivity contribution in [3.63, 3.8) is 0 Å². The highest BCUT2D eigenvalue weighted by atomic mass is 127. The smallest absolute Gasteiger partial charge is 0.180 e. The number of benzene rings is 1. The van der Waals surface area contributed by atoms with Crippen molar-refractivity contribution in [2.24, 2.45) is 0 Å². The quantitative estimate of drug-likeness (QED) is 0.614. The molecule has 2 aromatic rings. The predicted molar refractivity (Wildman–Crippen MR) is 78.1 cm³/mol. The van der Waals surface area contributed by atoms with Crippen LogP contribution in [-0.4, -0.2) is 10.8 Å². The zero-order chi connectivity index (χ0) is 13.0. The summed E-state index contributed by atoms with van der Waals surface area (Å²) >= 11 is 2.24. The lowest BCUT2D eigenvalue weighted by atomic mass is 10.2. The number of rotatable bonds is 4. The van der Waals surface area contributed by atoms with Crippen LogP contribution in [0.3, 0.4) is 0 Å². The number of halogens is 1. The molecule has 0 saturated heterocycles. The van der Waals surface area contributed by atoms with Gasteiger partial charge in [0.2, 0.25) is 0 Å². The highest BCUT2D eigenvalue weighted by Gasteiger charge is 2.05. The topological polar surface area (TPSA) is 39.2 Å². The Bertz CT molecular complexity index is 535. The Kier molecular flexibility index (Phi) is 4.30. The molecule has 0 fully saturated rings. The van der Waals surface area contributed by atoms with Crippen molar-refractivity contribution in [1.29, 1.82) is 0 Å². The fourth-order valence-electron chi connectivity index (χ4n) is 1.43. The first-order valence-electron chi connectivity index (χ1n) is 5.61. The van der Waals surface area contributed by atoms with Gasteiger partial charge in [0, 0.05) is 9.99 Å². The molecule has 0 aliphatic carbocycles. The van der Waals surface area contributed by atoms with Crippen LogP contribution in [0.1, 0.15) is 23.8 Å². The number of ketones is 1. The maximum Gasteiger partial charge on any atom is 0.180 e. The van der Waals surface area contributed by atoms with Gasteiger partial charge < -0.3 is 4.74 Å². The van der Waals surface area contributed by atoms with Gasteiger partial charge in [0.05, 0.1) is 6.20 Å². The minimum Gasteiger partial charge on any atom is -0.456 e. The predicted octanol–water partition coefficient (Wildman–Crippen LogP) is 4.07. The van der Waals surface area contributed by atoms with Crippen LogP contribution in [0.2, 0.25) is 0 Å². The van der Waals surface area contributed by atoms with E-state index in [4.69, 9.17) is 4.74 Å². The molecule has 0 unspecified atom stereocenters. The van der Waals surface area contributed by atoms with E-state index >= 15 is 0 Å². The number of pyridine rings is 1. The molecule has 1 aromatic carbocycles. The monoisotopic (exact) mass is 353 g/mol. The van der Waals surface area contributed by atoms with Gasteiger partial charge in [0.25, 0.3) is 0 Å². The number of aromatic nitrogens is 1. The largest absolute Gasteiger partial charge is 0.456 e. The second-order valence-corrected chi connectivity index (χ2v) is 4.96. The summed E-state index contributed by atoms with van der Waals surface area (Å²) in [7, 11) is 0. The van der Waals surface area contributed by atoms with Crippen LogP contribution >= 0.6 is 22.6 Å². The van der Waals surface area contributed by atoms with E-state index in [0.717, 1.165) is 9.32 Å². The van der Waals surface area contributed by atoms with Gasteiger partial charge in [0.1, 0.15) is 17.2 Å². The molecule has 0 aliphatic heterocycles.